The molecule has 0 aromatic heterocycles. The van der Waals surface area contributed by atoms with E-state index >= 15 is 0 Å². The Kier molecular flexibility index (Phi) is 5.33. The minimum atomic E-state index is -0.845. The molecule has 1 saturated heterocycles. The maximum absolute atomic E-state index is 12.7. The van der Waals surface area contributed by atoms with Crippen LogP contribution in [0.5, 0.6) is 0 Å². The van der Waals surface area contributed by atoms with Crippen LogP contribution in [0.4, 0.5) is 4.79 Å². The van der Waals surface area contributed by atoms with Crippen LogP contribution in [0, 0.1) is 0 Å². The smallest absolute Gasteiger partial charge is 0.327 e. The van der Waals surface area contributed by atoms with Crippen LogP contribution in [0.25, 0.3) is 11.1 Å². The molecule has 4 rings (SSSR count). The summed E-state index contributed by atoms with van der Waals surface area (Å²) >= 11 is 0. The van der Waals surface area contributed by atoms with E-state index < -0.39 is 5.54 Å². The van der Waals surface area contributed by atoms with Crippen molar-refractivity contribution in [2.45, 2.75) is 52.7 Å². The van der Waals surface area contributed by atoms with Gasteiger partial charge in [-0.25, -0.2) is 4.79 Å². The van der Waals surface area contributed by atoms with Gasteiger partial charge in [0.05, 0.1) is 0 Å². The van der Waals surface area contributed by atoms with E-state index in [0.717, 1.165) is 40.8 Å². The van der Waals surface area contributed by atoms with Crippen molar-refractivity contribution < 1.29 is 14.4 Å². The van der Waals surface area contributed by atoms with Crippen molar-refractivity contribution >= 4 is 17.8 Å². The molecule has 6 nitrogen and oxygen atoms in total. The van der Waals surface area contributed by atoms with Gasteiger partial charge in [0.25, 0.3) is 11.8 Å². The third kappa shape index (κ3) is 3.50. The van der Waals surface area contributed by atoms with Crippen molar-refractivity contribution in [2.75, 3.05) is 13.1 Å². The number of rotatable bonds is 6. The van der Waals surface area contributed by atoms with E-state index in [2.05, 4.69) is 13.0 Å². The highest BCUT2D eigenvalue weighted by molar-refractivity contribution is 6.06. The zero-order valence-corrected chi connectivity index (χ0v) is 18.6. The predicted molar refractivity (Wildman–Crippen MR) is 119 cm³/mol. The minimum Gasteiger partial charge on any atom is -0.334 e. The van der Waals surface area contributed by atoms with Gasteiger partial charge in [-0.05, 0) is 61.6 Å². The van der Waals surface area contributed by atoms with E-state index in [0.29, 0.717) is 19.6 Å². The van der Waals surface area contributed by atoms with Gasteiger partial charge in [0.15, 0.2) is 0 Å². The predicted octanol–water partition coefficient (Wildman–Crippen LogP) is 4.28. The normalized spacial score (nSPS) is 17.7. The molecule has 0 spiro atoms. The van der Waals surface area contributed by atoms with Crippen LogP contribution in [0.1, 0.15) is 55.6 Å². The summed E-state index contributed by atoms with van der Waals surface area (Å²) in [6, 6.07) is 13.8. The summed E-state index contributed by atoms with van der Waals surface area (Å²) in [5, 5.41) is 0. The van der Waals surface area contributed by atoms with Gasteiger partial charge in [-0.15, -0.1) is 0 Å². The van der Waals surface area contributed by atoms with Gasteiger partial charge in [-0.1, -0.05) is 37.3 Å². The Morgan fingerprint density at radius 1 is 0.935 bits per heavy atom. The van der Waals surface area contributed by atoms with Crippen molar-refractivity contribution in [2.24, 2.45) is 0 Å². The van der Waals surface area contributed by atoms with Crippen LogP contribution in [0.3, 0.4) is 0 Å². The highest BCUT2D eigenvalue weighted by atomic mass is 16.2. The van der Waals surface area contributed by atoms with Gasteiger partial charge in [0.1, 0.15) is 5.54 Å². The molecule has 2 aromatic carbocycles. The van der Waals surface area contributed by atoms with Crippen LogP contribution in [-0.2, 0) is 17.9 Å². The molecule has 2 aromatic rings. The summed E-state index contributed by atoms with van der Waals surface area (Å²) < 4.78 is 0. The SMILES string of the molecule is CCCN1Cc2cc(-c3ccc(CN4C(=O)N(CC)C(=O)C4(C)C)cc3)ccc2C1=O. The molecule has 0 radical (unpaired) electrons. The maximum atomic E-state index is 12.7. The highest BCUT2D eigenvalue weighted by Gasteiger charge is 2.50. The van der Waals surface area contributed by atoms with E-state index in [1.807, 2.05) is 48.2 Å². The number of carbonyl (C=O) groups excluding carboxylic acids is 3. The molecular formula is C25H29N3O3. The van der Waals surface area contributed by atoms with Crippen LogP contribution < -0.4 is 0 Å². The molecule has 0 aliphatic carbocycles. The molecule has 1 fully saturated rings. The summed E-state index contributed by atoms with van der Waals surface area (Å²) in [6.45, 7) is 9.70. The topological polar surface area (TPSA) is 60.9 Å². The Hall–Kier alpha value is -3.15. The van der Waals surface area contributed by atoms with Crippen LogP contribution in [-0.4, -0.2) is 51.2 Å². The monoisotopic (exact) mass is 419 g/mol. The van der Waals surface area contributed by atoms with Crippen molar-refractivity contribution in [1.82, 2.24) is 14.7 Å². The fourth-order valence-corrected chi connectivity index (χ4v) is 4.46. The van der Waals surface area contributed by atoms with E-state index in [9.17, 15) is 14.4 Å². The third-order valence-electron chi connectivity index (χ3n) is 6.33. The Morgan fingerprint density at radius 2 is 1.61 bits per heavy atom. The fourth-order valence-electron chi connectivity index (χ4n) is 4.46. The Morgan fingerprint density at radius 3 is 2.23 bits per heavy atom. The molecule has 0 N–H and O–H groups in total. The average molecular weight is 420 g/mol. The van der Waals surface area contributed by atoms with Crippen LogP contribution in [0.15, 0.2) is 42.5 Å². The number of urea groups is 1. The standard InChI is InChI=1S/C25H29N3O3/c1-5-13-26-16-20-14-19(11-12-21(20)22(26)29)18-9-7-17(8-10-18)15-28-24(31)27(6-2)23(30)25(28,3)4/h7-12,14H,5-6,13,15-16H2,1-4H3. The second-order valence-electron chi connectivity index (χ2n) is 8.77. The second kappa shape index (κ2) is 7.84. The lowest BCUT2D eigenvalue weighted by Crippen LogP contribution is -2.43. The highest BCUT2D eigenvalue weighted by Crippen LogP contribution is 2.31. The van der Waals surface area contributed by atoms with Crippen molar-refractivity contribution in [3.63, 3.8) is 0 Å². The summed E-state index contributed by atoms with van der Waals surface area (Å²) in [4.78, 5) is 42.5. The summed E-state index contributed by atoms with van der Waals surface area (Å²) in [5.41, 5.74) is 4.13. The second-order valence-corrected chi connectivity index (χ2v) is 8.77. The van der Waals surface area contributed by atoms with Crippen LogP contribution in [0.2, 0.25) is 0 Å². The number of likely N-dealkylation sites (N-methyl/N-ethyl adjacent to an activating group) is 1. The molecule has 2 aliphatic rings. The van der Waals surface area contributed by atoms with E-state index in [-0.39, 0.29) is 17.8 Å². The maximum Gasteiger partial charge on any atom is 0.327 e. The van der Waals surface area contributed by atoms with Gasteiger partial charge >= 0.3 is 6.03 Å². The number of hydrogen-bond donors (Lipinski definition) is 0. The first-order valence-electron chi connectivity index (χ1n) is 10.9. The molecule has 0 atom stereocenters. The quantitative estimate of drug-likeness (QED) is 0.657. The van der Waals surface area contributed by atoms with E-state index in [1.54, 1.807) is 18.7 Å². The van der Waals surface area contributed by atoms with E-state index in [1.165, 1.54) is 4.90 Å². The number of hydrogen-bond acceptors (Lipinski definition) is 3. The first-order valence-corrected chi connectivity index (χ1v) is 10.9. The van der Waals surface area contributed by atoms with Gasteiger partial charge < -0.3 is 9.80 Å². The van der Waals surface area contributed by atoms with Gasteiger partial charge in [0.2, 0.25) is 0 Å². The van der Waals surface area contributed by atoms with Gasteiger partial charge in [-0.2, -0.15) is 0 Å². The number of carbonyl (C=O) groups is 3. The van der Waals surface area contributed by atoms with Gasteiger partial charge in [0, 0.05) is 31.7 Å². The largest absolute Gasteiger partial charge is 0.334 e. The number of imide groups is 1. The molecule has 2 heterocycles. The number of benzene rings is 2. The van der Waals surface area contributed by atoms with E-state index in [4.69, 9.17) is 0 Å². The molecule has 162 valence electrons. The Labute approximate surface area is 183 Å². The molecule has 6 heteroatoms. The average Bonchev–Trinajstić information content (AvgIpc) is 3.15. The lowest BCUT2D eigenvalue weighted by Gasteiger charge is -2.27. The van der Waals surface area contributed by atoms with Crippen molar-refractivity contribution in [3.8, 4) is 11.1 Å². The van der Waals surface area contributed by atoms with Crippen molar-refractivity contribution in [3.05, 3.63) is 59.2 Å². The molecule has 0 bridgehead atoms. The first-order chi connectivity index (χ1) is 14.8. The minimum absolute atomic E-state index is 0.118. The number of nitrogens with zero attached hydrogens (tertiary/aromatic N) is 3. The van der Waals surface area contributed by atoms with Crippen LogP contribution >= 0.6 is 0 Å². The molecule has 0 unspecified atom stereocenters. The first kappa shape index (κ1) is 21.1. The zero-order chi connectivity index (χ0) is 22.3. The Balaban J connectivity index is 1.52. The lowest BCUT2D eigenvalue weighted by atomic mass is 9.99. The molecule has 4 amide bonds. The molecule has 31 heavy (non-hydrogen) atoms. The number of fused-ring (bicyclic) bond motifs is 1. The summed E-state index contributed by atoms with van der Waals surface area (Å²) in [5.74, 6) is -0.0336. The fraction of sp³-hybridized carbons (Fsp3) is 0.400. The molecular weight excluding hydrogens is 390 g/mol. The lowest BCUT2D eigenvalue weighted by molar-refractivity contribution is -0.131. The number of amides is 4. The summed E-state index contributed by atoms with van der Waals surface area (Å²) in [6.07, 6.45) is 0.950. The third-order valence-corrected chi connectivity index (χ3v) is 6.33. The summed E-state index contributed by atoms with van der Waals surface area (Å²) in [7, 11) is 0. The zero-order valence-electron chi connectivity index (χ0n) is 18.6. The molecule has 2 aliphatic heterocycles. The van der Waals surface area contributed by atoms with Crippen molar-refractivity contribution in [1.29, 1.82) is 0 Å². The molecule has 0 saturated carbocycles. The Bertz CT molecular complexity index is 1040. The van der Waals surface area contributed by atoms with Gasteiger partial charge in [-0.3, -0.25) is 14.5 Å².